The fourth-order valence-corrected chi connectivity index (χ4v) is 4.96. The summed E-state index contributed by atoms with van der Waals surface area (Å²) in [5.74, 6) is -0.406. The monoisotopic (exact) mass is 474 g/mol. The second-order valence-electron chi connectivity index (χ2n) is 8.63. The predicted molar refractivity (Wildman–Crippen MR) is 129 cm³/mol. The Morgan fingerprint density at radius 1 is 0.971 bits per heavy atom. The number of benzene rings is 3. The number of anilines is 1. The van der Waals surface area contributed by atoms with Crippen LogP contribution in [0.25, 0.3) is 0 Å². The Kier molecular flexibility index (Phi) is 5.94. The minimum absolute atomic E-state index is 0.132. The average Bonchev–Trinajstić information content (AvgIpc) is 3.53. The number of aliphatic carboxylic acids is 1. The first kappa shape index (κ1) is 22.6. The van der Waals surface area contributed by atoms with Crippen LogP contribution in [-0.2, 0) is 4.79 Å². The third-order valence-electron chi connectivity index (χ3n) is 6.75. The van der Waals surface area contributed by atoms with Gasteiger partial charge in [0.25, 0.3) is 0 Å². The Hall–Kier alpha value is -4.20. The molecule has 1 saturated heterocycles. The number of nitrogens with zero attached hydrogens (tertiary/aromatic N) is 2. The number of fused-ring (bicyclic) bond motifs is 1. The maximum Gasteiger partial charge on any atom is 0.324 e. The molecule has 180 valence electrons. The van der Waals surface area contributed by atoms with Crippen molar-refractivity contribution in [2.24, 2.45) is 5.92 Å². The van der Waals surface area contributed by atoms with Crippen LogP contribution in [0.5, 0.6) is 17.2 Å². The van der Waals surface area contributed by atoms with Gasteiger partial charge in [0.1, 0.15) is 5.75 Å². The quantitative estimate of drug-likeness (QED) is 0.585. The number of carboxylic acid groups (broad SMARTS) is 1. The van der Waals surface area contributed by atoms with Crippen molar-refractivity contribution in [1.29, 1.82) is 0 Å². The summed E-state index contributed by atoms with van der Waals surface area (Å²) >= 11 is 0. The van der Waals surface area contributed by atoms with Gasteiger partial charge in [-0.1, -0.05) is 36.4 Å². The number of ether oxygens (including phenoxy) is 3. The Morgan fingerprint density at radius 3 is 2.34 bits per heavy atom. The van der Waals surface area contributed by atoms with E-state index >= 15 is 0 Å². The highest BCUT2D eigenvalue weighted by molar-refractivity contribution is 5.93. The van der Waals surface area contributed by atoms with E-state index in [1.807, 2.05) is 54.6 Å². The van der Waals surface area contributed by atoms with E-state index in [4.69, 9.17) is 14.2 Å². The molecule has 3 unspecified atom stereocenters. The zero-order valence-corrected chi connectivity index (χ0v) is 19.5. The van der Waals surface area contributed by atoms with Crippen LogP contribution in [0.3, 0.4) is 0 Å². The molecular formula is C27H26N2O6. The molecule has 1 fully saturated rings. The molecule has 0 spiro atoms. The molecular weight excluding hydrogens is 448 g/mol. The summed E-state index contributed by atoms with van der Waals surface area (Å²) in [6.45, 7) is 0.371. The van der Waals surface area contributed by atoms with E-state index in [9.17, 15) is 14.7 Å². The normalized spacial score (nSPS) is 20.5. The van der Waals surface area contributed by atoms with E-state index in [0.29, 0.717) is 17.2 Å². The lowest BCUT2D eigenvalue weighted by molar-refractivity contribution is -0.142. The Balaban J connectivity index is 1.57. The second kappa shape index (κ2) is 9.21. The molecule has 3 aromatic carbocycles. The van der Waals surface area contributed by atoms with Gasteiger partial charge < -0.3 is 24.2 Å². The standard InChI is InChI=1S/C27H26N2O6/c1-28(19-6-4-3-5-7-19)27(32)29-15-21(18-10-13-22-23(14-18)35-16-34-22)24(26(30)31)25(29)17-8-11-20(33-2)12-9-17/h3-14,21,24-25H,15-16H2,1-2H3,(H,30,31). The first-order chi connectivity index (χ1) is 17.0. The molecule has 1 N–H and O–H groups in total. The molecule has 2 heterocycles. The molecule has 8 heteroatoms. The van der Waals surface area contributed by atoms with E-state index in [2.05, 4.69) is 0 Å². The van der Waals surface area contributed by atoms with Gasteiger partial charge in [0.2, 0.25) is 6.79 Å². The molecule has 0 radical (unpaired) electrons. The van der Waals surface area contributed by atoms with Gasteiger partial charge >= 0.3 is 12.0 Å². The number of carbonyl (C=O) groups is 2. The van der Waals surface area contributed by atoms with E-state index in [1.54, 1.807) is 42.2 Å². The molecule has 35 heavy (non-hydrogen) atoms. The topological polar surface area (TPSA) is 88.5 Å². The molecule has 0 saturated carbocycles. The molecule has 2 aliphatic heterocycles. The minimum atomic E-state index is -0.967. The predicted octanol–water partition coefficient (Wildman–Crippen LogP) is 4.52. The third kappa shape index (κ3) is 4.12. The largest absolute Gasteiger partial charge is 0.497 e. The molecule has 2 aliphatic rings. The van der Waals surface area contributed by atoms with Crippen LogP contribution in [0.1, 0.15) is 23.1 Å². The van der Waals surface area contributed by atoms with Crippen LogP contribution in [0, 0.1) is 5.92 Å². The van der Waals surface area contributed by atoms with Gasteiger partial charge in [0, 0.05) is 25.2 Å². The Bertz CT molecular complexity index is 1230. The molecule has 0 bridgehead atoms. The van der Waals surface area contributed by atoms with Crippen LogP contribution >= 0.6 is 0 Å². The number of likely N-dealkylation sites (tertiary alicyclic amines) is 1. The van der Waals surface area contributed by atoms with Gasteiger partial charge in [0.15, 0.2) is 11.5 Å². The number of urea groups is 1. The minimum Gasteiger partial charge on any atom is -0.497 e. The summed E-state index contributed by atoms with van der Waals surface area (Å²) in [6, 6.07) is 21.0. The number of para-hydroxylation sites is 1. The SMILES string of the molecule is COc1ccc(C2C(C(=O)O)C(c3ccc4c(c3)OCO4)CN2C(=O)N(C)c2ccccc2)cc1. The van der Waals surface area contributed by atoms with Gasteiger partial charge in [-0.15, -0.1) is 0 Å². The average molecular weight is 475 g/mol. The highest BCUT2D eigenvalue weighted by atomic mass is 16.7. The van der Waals surface area contributed by atoms with Gasteiger partial charge in [-0.2, -0.15) is 0 Å². The Labute approximate surface area is 203 Å². The molecule has 0 aromatic heterocycles. The highest BCUT2D eigenvalue weighted by Gasteiger charge is 2.50. The third-order valence-corrected chi connectivity index (χ3v) is 6.75. The van der Waals surface area contributed by atoms with Gasteiger partial charge in [0.05, 0.1) is 19.1 Å². The molecule has 3 aromatic rings. The number of carboxylic acids is 1. The van der Waals surface area contributed by atoms with E-state index in [-0.39, 0.29) is 19.4 Å². The number of hydrogen-bond acceptors (Lipinski definition) is 5. The fourth-order valence-electron chi connectivity index (χ4n) is 4.96. The van der Waals surface area contributed by atoms with Gasteiger partial charge in [-0.05, 0) is 47.5 Å². The molecule has 2 amide bonds. The van der Waals surface area contributed by atoms with E-state index in [0.717, 1.165) is 16.8 Å². The van der Waals surface area contributed by atoms with Crippen molar-refractivity contribution < 1.29 is 28.9 Å². The first-order valence-electron chi connectivity index (χ1n) is 11.3. The second-order valence-corrected chi connectivity index (χ2v) is 8.63. The summed E-state index contributed by atoms with van der Waals surface area (Å²) in [6.07, 6.45) is 0. The van der Waals surface area contributed by atoms with Crippen molar-refractivity contribution in [2.45, 2.75) is 12.0 Å². The zero-order chi connectivity index (χ0) is 24.5. The van der Waals surface area contributed by atoms with Crippen LogP contribution in [-0.4, -0.2) is 49.5 Å². The molecule has 3 atom stereocenters. The smallest absolute Gasteiger partial charge is 0.324 e. The summed E-state index contributed by atoms with van der Waals surface area (Å²) in [7, 11) is 3.28. The summed E-state index contributed by atoms with van der Waals surface area (Å²) in [4.78, 5) is 29.7. The van der Waals surface area contributed by atoms with Crippen LogP contribution < -0.4 is 19.1 Å². The van der Waals surface area contributed by atoms with Crippen molar-refractivity contribution in [1.82, 2.24) is 4.90 Å². The maximum atomic E-state index is 13.8. The van der Waals surface area contributed by atoms with Crippen molar-refractivity contribution >= 4 is 17.7 Å². The maximum absolute atomic E-state index is 13.8. The summed E-state index contributed by atoms with van der Waals surface area (Å²) in [5, 5.41) is 10.4. The lowest BCUT2D eigenvalue weighted by Gasteiger charge is -2.31. The highest BCUT2D eigenvalue weighted by Crippen LogP contribution is 2.48. The lowest BCUT2D eigenvalue weighted by atomic mass is 9.83. The van der Waals surface area contributed by atoms with Crippen molar-refractivity contribution in [3.8, 4) is 17.2 Å². The number of carbonyl (C=O) groups excluding carboxylic acids is 1. The zero-order valence-electron chi connectivity index (χ0n) is 19.5. The number of amides is 2. The van der Waals surface area contributed by atoms with Crippen molar-refractivity contribution in [2.75, 3.05) is 32.4 Å². The Morgan fingerprint density at radius 2 is 1.66 bits per heavy atom. The number of hydrogen-bond donors (Lipinski definition) is 1. The van der Waals surface area contributed by atoms with Crippen molar-refractivity contribution in [3.05, 3.63) is 83.9 Å². The molecule has 5 rings (SSSR count). The molecule has 8 nitrogen and oxygen atoms in total. The van der Waals surface area contributed by atoms with Crippen molar-refractivity contribution in [3.63, 3.8) is 0 Å². The lowest BCUT2D eigenvalue weighted by Crippen LogP contribution is -2.42. The van der Waals surface area contributed by atoms with E-state index in [1.165, 1.54) is 0 Å². The van der Waals surface area contributed by atoms with Gasteiger partial charge in [-0.3, -0.25) is 9.69 Å². The number of methoxy groups -OCH3 is 1. The fraction of sp³-hybridized carbons (Fsp3) is 0.259. The number of rotatable bonds is 5. The first-order valence-corrected chi connectivity index (χ1v) is 11.3. The summed E-state index contributed by atoms with van der Waals surface area (Å²) in [5.41, 5.74) is 2.25. The van der Waals surface area contributed by atoms with Crippen LogP contribution in [0.15, 0.2) is 72.8 Å². The van der Waals surface area contributed by atoms with E-state index < -0.39 is 23.8 Å². The van der Waals surface area contributed by atoms with Crippen LogP contribution in [0.2, 0.25) is 0 Å². The molecule has 0 aliphatic carbocycles. The summed E-state index contributed by atoms with van der Waals surface area (Å²) < 4.78 is 16.2. The van der Waals surface area contributed by atoms with Gasteiger partial charge in [-0.25, -0.2) is 4.79 Å². The van der Waals surface area contributed by atoms with Crippen LogP contribution in [0.4, 0.5) is 10.5 Å².